The Kier molecular flexibility index (Phi) is 5.36. The van der Waals surface area contributed by atoms with Crippen LogP contribution in [0.4, 0.5) is 18.9 Å². The normalized spacial score (nSPS) is 11.7. The van der Waals surface area contributed by atoms with E-state index in [0.29, 0.717) is 6.42 Å². The van der Waals surface area contributed by atoms with Crippen molar-refractivity contribution < 1.29 is 18.0 Å². The van der Waals surface area contributed by atoms with E-state index in [2.05, 4.69) is 9.69 Å². The number of rotatable bonds is 5. The van der Waals surface area contributed by atoms with Crippen LogP contribution in [0.3, 0.4) is 0 Å². The Balaban J connectivity index is 1.98. The van der Waals surface area contributed by atoms with E-state index in [1.165, 1.54) is 17.5 Å². The maximum absolute atomic E-state index is 13.1. The molecule has 1 N–H and O–H groups in total. The number of fused-ring (bicyclic) bond motifs is 1. The fourth-order valence-corrected chi connectivity index (χ4v) is 3.45. The monoisotopic (exact) mass is 412 g/mol. The number of alkyl halides is 3. The van der Waals surface area contributed by atoms with E-state index in [1.54, 1.807) is 6.92 Å². The fourth-order valence-electron chi connectivity index (χ4n) is 2.78. The predicted octanol–water partition coefficient (Wildman–Crippen LogP) is 2.69. The number of benzene rings is 1. The average Bonchev–Trinajstić information content (AvgIpc) is 3.12. The highest BCUT2D eigenvalue weighted by atomic mass is 32.1. The molecule has 0 bridgehead atoms. The van der Waals surface area contributed by atoms with Crippen LogP contribution in [0.5, 0.6) is 0 Å². The van der Waals surface area contributed by atoms with Gasteiger partial charge in [-0.1, -0.05) is 19.1 Å². The molecule has 11 heteroatoms. The van der Waals surface area contributed by atoms with Crippen molar-refractivity contribution in [2.75, 3.05) is 5.32 Å². The summed E-state index contributed by atoms with van der Waals surface area (Å²) < 4.78 is 45.2. The molecule has 0 aliphatic heterocycles. The Morgan fingerprint density at radius 1 is 1.21 bits per heavy atom. The first-order valence-electron chi connectivity index (χ1n) is 8.27. The van der Waals surface area contributed by atoms with Gasteiger partial charge < -0.3 is 5.32 Å². The number of hydrogen-bond acceptors (Lipinski definition) is 5. The molecule has 28 heavy (non-hydrogen) atoms. The maximum Gasteiger partial charge on any atom is 0.418 e. The summed E-state index contributed by atoms with van der Waals surface area (Å²) in [7, 11) is 0. The number of nitrogens with one attached hydrogen (secondary N) is 1. The van der Waals surface area contributed by atoms with Gasteiger partial charge in [0.05, 0.1) is 16.8 Å². The topological polar surface area (TPSA) is 86.0 Å². The minimum absolute atomic E-state index is 0.0431. The average molecular weight is 412 g/mol. The fraction of sp³-hybridized carbons (Fsp3) is 0.294. The lowest BCUT2D eigenvalue weighted by Crippen LogP contribution is -2.41. The molecular weight excluding hydrogens is 397 g/mol. The molecule has 0 saturated carbocycles. The van der Waals surface area contributed by atoms with Crippen LogP contribution in [0, 0.1) is 0 Å². The minimum Gasteiger partial charge on any atom is -0.324 e. The zero-order valence-corrected chi connectivity index (χ0v) is 15.4. The van der Waals surface area contributed by atoms with Gasteiger partial charge in [-0.05, 0) is 30.1 Å². The molecule has 0 atom stereocenters. The summed E-state index contributed by atoms with van der Waals surface area (Å²) in [6.45, 7) is 1.37. The molecule has 1 amide bonds. The lowest BCUT2D eigenvalue weighted by atomic mass is 10.1. The first-order chi connectivity index (χ1) is 13.2. The molecule has 0 aliphatic rings. The van der Waals surface area contributed by atoms with Gasteiger partial charge in [-0.2, -0.15) is 17.5 Å². The van der Waals surface area contributed by atoms with E-state index in [9.17, 15) is 27.6 Å². The Labute approximate surface area is 160 Å². The largest absolute Gasteiger partial charge is 0.418 e. The first-order valence-corrected chi connectivity index (χ1v) is 9.11. The van der Waals surface area contributed by atoms with Crippen molar-refractivity contribution in [1.82, 2.24) is 13.5 Å². The van der Waals surface area contributed by atoms with E-state index in [-0.39, 0.29) is 17.6 Å². The van der Waals surface area contributed by atoms with Gasteiger partial charge in [0.2, 0.25) is 5.91 Å². The predicted molar refractivity (Wildman–Crippen MR) is 98.5 cm³/mol. The third kappa shape index (κ3) is 3.70. The molecular formula is C17H15F3N4O3S. The van der Waals surface area contributed by atoms with Crippen LogP contribution >= 0.6 is 11.5 Å². The second kappa shape index (κ2) is 7.58. The van der Waals surface area contributed by atoms with Crippen molar-refractivity contribution in [3.05, 3.63) is 56.0 Å². The van der Waals surface area contributed by atoms with Crippen LogP contribution in [0.15, 0.2) is 39.2 Å². The molecule has 2 aromatic heterocycles. The quantitative estimate of drug-likeness (QED) is 0.698. The molecule has 3 aromatic rings. The maximum atomic E-state index is 13.1. The number of carbonyl (C=O) groups is 1. The van der Waals surface area contributed by atoms with Crippen molar-refractivity contribution in [3.63, 3.8) is 0 Å². The molecule has 7 nitrogen and oxygen atoms in total. The zero-order chi connectivity index (χ0) is 20.5. The number of anilines is 1. The van der Waals surface area contributed by atoms with Crippen molar-refractivity contribution in [2.45, 2.75) is 32.6 Å². The van der Waals surface area contributed by atoms with Gasteiger partial charge in [-0.25, -0.2) is 4.79 Å². The van der Waals surface area contributed by atoms with Crippen LogP contribution in [0.1, 0.15) is 18.9 Å². The summed E-state index contributed by atoms with van der Waals surface area (Å²) in [5, 5.41) is 3.64. The van der Waals surface area contributed by atoms with Crippen molar-refractivity contribution in [3.8, 4) is 0 Å². The Morgan fingerprint density at radius 2 is 1.93 bits per heavy atom. The molecule has 0 spiro atoms. The van der Waals surface area contributed by atoms with E-state index in [0.717, 1.165) is 32.8 Å². The van der Waals surface area contributed by atoms with Crippen LogP contribution in [-0.2, 0) is 24.1 Å². The highest BCUT2D eigenvalue weighted by molar-refractivity contribution is 7.04. The summed E-state index contributed by atoms with van der Waals surface area (Å²) in [6.07, 6.45) is -4.13. The number of carbonyl (C=O) groups excluding carboxylic acids is 1. The summed E-state index contributed by atoms with van der Waals surface area (Å²) >= 11 is 0.950. The molecule has 1 aromatic carbocycles. The van der Waals surface area contributed by atoms with Gasteiger partial charge in [0.25, 0.3) is 5.56 Å². The summed E-state index contributed by atoms with van der Waals surface area (Å²) in [4.78, 5) is 37.4. The summed E-state index contributed by atoms with van der Waals surface area (Å²) in [5.74, 6) is -0.826. The lowest BCUT2D eigenvalue weighted by Gasteiger charge is -2.15. The second-order valence-corrected chi connectivity index (χ2v) is 6.59. The summed E-state index contributed by atoms with van der Waals surface area (Å²) in [6, 6.07) is 4.55. The van der Waals surface area contributed by atoms with E-state index in [4.69, 9.17) is 0 Å². The van der Waals surface area contributed by atoms with Gasteiger partial charge in [0.1, 0.15) is 6.54 Å². The molecule has 0 fully saturated rings. The molecule has 0 radical (unpaired) electrons. The summed E-state index contributed by atoms with van der Waals surface area (Å²) in [5.41, 5.74) is -2.45. The number of amides is 1. The van der Waals surface area contributed by atoms with Crippen LogP contribution in [0.25, 0.3) is 11.0 Å². The molecule has 0 saturated heterocycles. The highest BCUT2D eigenvalue weighted by Gasteiger charge is 2.33. The SMILES string of the molecule is CCCn1c(=O)c2nscc2n(CC(=O)Nc2ccccc2C(F)(F)F)c1=O. The number of para-hydroxylation sites is 1. The number of hydrogen-bond donors (Lipinski definition) is 1. The Morgan fingerprint density at radius 3 is 2.61 bits per heavy atom. The number of nitrogens with zero attached hydrogens (tertiary/aromatic N) is 3. The third-order valence-electron chi connectivity index (χ3n) is 4.01. The zero-order valence-electron chi connectivity index (χ0n) is 14.6. The van der Waals surface area contributed by atoms with Crippen LogP contribution in [0.2, 0.25) is 0 Å². The lowest BCUT2D eigenvalue weighted by molar-refractivity contribution is -0.137. The third-order valence-corrected chi connectivity index (χ3v) is 4.62. The molecule has 0 aliphatic carbocycles. The van der Waals surface area contributed by atoms with E-state index in [1.807, 2.05) is 0 Å². The smallest absolute Gasteiger partial charge is 0.324 e. The van der Waals surface area contributed by atoms with E-state index >= 15 is 0 Å². The standard InChI is InChI=1S/C17H15F3N4O3S/c1-2-7-23-15(26)14-12(9-28-22-14)24(16(23)27)8-13(25)21-11-6-4-3-5-10(11)17(18,19)20/h3-6,9H,2,7-8H2,1H3,(H,21,25). The molecule has 0 unspecified atom stereocenters. The second-order valence-electron chi connectivity index (χ2n) is 5.97. The van der Waals surface area contributed by atoms with Gasteiger partial charge in [0, 0.05) is 11.9 Å². The number of halogens is 3. The molecule has 2 heterocycles. The molecule has 3 rings (SSSR count). The van der Waals surface area contributed by atoms with Crippen LogP contribution in [-0.4, -0.2) is 19.4 Å². The first kappa shape index (κ1) is 19.8. The molecule has 148 valence electrons. The Hall–Kier alpha value is -2.95. The van der Waals surface area contributed by atoms with Crippen LogP contribution < -0.4 is 16.6 Å². The van der Waals surface area contributed by atoms with E-state index < -0.39 is 41.1 Å². The number of aromatic nitrogens is 3. The van der Waals surface area contributed by atoms with Gasteiger partial charge in [0.15, 0.2) is 5.52 Å². The van der Waals surface area contributed by atoms with Gasteiger partial charge >= 0.3 is 11.9 Å². The van der Waals surface area contributed by atoms with Crippen molar-refractivity contribution >= 4 is 34.2 Å². The van der Waals surface area contributed by atoms with Crippen molar-refractivity contribution in [1.29, 1.82) is 0 Å². The van der Waals surface area contributed by atoms with Gasteiger partial charge in [-0.15, -0.1) is 0 Å². The van der Waals surface area contributed by atoms with Crippen molar-refractivity contribution in [2.24, 2.45) is 0 Å². The van der Waals surface area contributed by atoms with Gasteiger partial charge in [-0.3, -0.25) is 18.7 Å². The highest BCUT2D eigenvalue weighted by Crippen LogP contribution is 2.34. The minimum atomic E-state index is -4.64. The Bertz CT molecular complexity index is 1150.